The Bertz CT molecular complexity index is 721. The quantitative estimate of drug-likeness (QED) is 0.867. The summed E-state index contributed by atoms with van der Waals surface area (Å²) in [5.41, 5.74) is -0.103. The van der Waals surface area contributed by atoms with Crippen molar-refractivity contribution in [3.05, 3.63) is 42.2 Å². The topological polar surface area (TPSA) is 101 Å². The molecule has 0 aliphatic heterocycles. The van der Waals surface area contributed by atoms with Gasteiger partial charge in [0.1, 0.15) is 4.90 Å². The van der Waals surface area contributed by atoms with Crippen molar-refractivity contribution in [2.24, 2.45) is 7.05 Å². The second kappa shape index (κ2) is 4.73. The molecule has 0 radical (unpaired) electrons. The first kappa shape index (κ1) is 13.1. The lowest BCUT2D eigenvalue weighted by Crippen LogP contribution is -2.15. The van der Waals surface area contributed by atoms with Crippen LogP contribution in [0.15, 0.2) is 41.6 Å². The highest BCUT2D eigenvalue weighted by Crippen LogP contribution is 2.19. The van der Waals surface area contributed by atoms with Gasteiger partial charge in [0.05, 0.1) is 17.4 Å². The highest BCUT2D eigenvalue weighted by atomic mass is 32.2. The van der Waals surface area contributed by atoms with Crippen molar-refractivity contribution in [3.63, 3.8) is 0 Å². The van der Waals surface area contributed by atoms with Crippen molar-refractivity contribution in [1.29, 1.82) is 0 Å². The van der Waals surface area contributed by atoms with Gasteiger partial charge in [-0.15, -0.1) is 0 Å². The number of aromatic carboxylic acids is 1. The molecule has 8 heteroatoms. The van der Waals surface area contributed by atoms with E-state index in [1.165, 1.54) is 35.3 Å². The highest BCUT2D eigenvalue weighted by molar-refractivity contribution is 7.92. The predicted molar refractivity (Wildman–Crippen MR) is 67.4 cm³/mol. The predicted octanol–water partition coefficient (Wildman–Crippen LogP) is 0.919. The fourth-order valence-electron chi connectivity index (χ4n) is 1.50. The van der Waals surface area contributed by atoms with Crippen LogP contribution in [0.1, 0.15) is 10.4 Å². The van der Waals surface area contributed by atoms with Crippen molar-refractivity contribution >= 4 is 21.7 Å². The number of rotatable bonds is 4. The van der Waals surface area contributed by atoms with Crippen molar-refractivity contribution < 1.29 is 18.3 Å². The van der Waals surface area contributed by atoms with Gasteiger partial charge in [0.25, 0.3) is 10.0 Å². The van der Waals surface area contributed by atoms with Crippen LogP contribution in [-0.4, -0.2) is 29.3 Å². The molecule has 0 spiro atoms. The summed E-state index contributed by atoms with van der Waals surface area (Å²) in [4.78, 5) is 11.0. The monoisotopic (exact) mass is 281 g/mol. The maximum atomic E-state index is 12.0. The molecular weight excluding hydrogens is 270 g/mol. The number of para-hydroxylation sites is 1. The number of hydrogen-bond acceptors (Lipinski definition) is 4. The van der Waals surface area contributed by atoms with E-state index in [-0.39, 0.29) is 16.1 Å². The lowest BCUT2D eigenvalue weighted by molar-refractivity contribution is 0.0698. The number of aryl methyl sites for hydroxylation is 1. The summed E-state index contributed by atoms with van der Waals surface area (Å²) in [6.07, 6.45) is 2.51. The third-order valence-corrected chi connectivity index (χ3v) is 3.71. The summed E-state index contributed by atoms with van der Waals surface area (Å²) in [7, 11) is -2.26. The number of aromatic nitrogens is 2. The molecule has 2 N–H and O–H groups in total. The van der Waals surface area contributed by atoms with Crippen molar-refractivity contribution in [1.82, 2.24) is 9.78 Å². The van der Waals surface area contributed by atoms with E-state index in [9.17, 15) is 13.2 Å². The van der Waals surface area contributed by atoms with Gasteiger partial charge in [0.15, 0.2) is 0 Å². The maximum Gasteiger partial charge on any atom is 0.337 e. The van der Waals surface area contributed by atoms with E-state index in [4.69, 9.17) is 5.11 Å². The molecule has 0 atom stereocenters. The zero-order valence-corrected chi connectivity index (χ0v) is 10.8. The summed E-state index contributed by atoms with van der Waals surface area (Å²) in [6, 6.07) is 5.78. The Balaban J connectivity index is 2.39. The van der Waals surface area contributed by atoms with E-state index in [1.54, 1.807) is 13.1 Å². The largest absolute Gasteiger partial charge is 0.478 e. The normalized spacial score (nSPS) is 11.2. The minimum absolute atomic E-state index is 0.0128. The average Bonchev–Trinajstić information content (AvgIpc) is 2.76. The molecule has 0 aliphatic carbocycles. The fourth-order valence-corrected chi connectivity index (χ4v) is 2.56. The first-order chi connectivity index (χ1) is 8.90. The Morgan fingerprint density at radius 3 is 2.63 bits per heavy atom. The smallest absolute Gasteiger partial charge is 0.337 e. The number of benzene rings is 1. The van der Waals surface area contributed by atoms with Gasteiger partial charge in [0.2, 0.25) is 0 Å². The Morgan fingerprint density at radius 1 is 1.37 bits per heavy atom. The summed E-state index contributed by atoms with van der Waals surface area (Å²) >= 11 is 0. The van der Waals surface area contributed by atoms with Gasteiger partial charge in [-0.1, -0.05) is 12.1 Å². The Hall–Kier alpha value is -2.35. The molecule has 1 aromatic carbocycles. The SMILES string of the molecule is Cn1cc(S(=O)(=O)Nc2ccccc2C(=O)O)cn1. The molecule has 2 rings (SSSR count). The average molecular weight is 281 g/mol. The first-order valence-corrected chi connectivity index (χ1v) is 6.72. The Morgan fingerprint density at radius 2 is 2.05 bits per heavy atom. The van der Waals surface area contributed by atoms with E-state index in [2.05, 4.69) is 9.82 Å². The molecule has 0 fully saturated rings. The van der Waals surface area contributed by atoms with Crippen molar-refractivity contribution in [3.8, 4) is 0 Å². The lowest BCUT2D eigenvalue weighted by Gasteiger charge is -2.08. The molecule has 1 aromatic heterocycles. The van der Waals surface area contributed by atoms with Gasteiger partial charge >= 0.3 is 5.97 Å². The molecule has 0 amide bonds. The molecule has 1 heterocycles. The number of anilines is 1. The van der Waals surface area contributed by atoms with Gasteiger partial charge in [0, 0.05) is 13.2 Å². The molecule has 0 saturated carbocycles. The van der Waals surface area contributed by atoms with Gasteiger partial charge < -0.3 is 5.11 Å². The summed E-state index contributed by atoms with van der Waals surface area (Å²) in [5.74, 6) is -1.20. The van der Waals surface area contributed by atoms with Crippen LogP contribution >= 0.6 is 0 Å². The number of carboxylic acid groups (broad SMARTS) is 1. The Kier molecular flexibility index (Phi) is 3.26. The standard InChI is InChI=1S/C11H11N3O4S/c1-14-7-8(6-12-14)19(17,18)13-10-5-3-2-4-9(10)11(15)16/h2-7,13H,1H3,(H,15,16). The van der Waals surface area contributed by atoms with Crippen molar-refractivity contribution in [2.45, 2.75) is 4.90 Å². The minimum Gasteiger partial charge on any atom is -0.478 e. The molecule has 0 unspecified atom stereocenters. The van der Waals surface area contributed by atoms with Gasteiger partial charge in [-0.25, -0.2) is 13.2 Å². The third-order valence-electron chi connectivity index (χ3n) is 2.39. The zero-order chi connectivity index (χ0) is 14.0. The maximum absolute atomic E-state index is 12.0. The first-order valence-electron chi connectivity index (χ1n) is 5.24. The number of nitrogens with one attached hydrogen (secondary N) is 1. The van der Waals surface area contributed by atoms with E-state index in [1.807, 2.05) is 0 Å². The number of carboxylic acids is 1. The van der Waals surface area contributed by atoms with Crippen LogP contribution in [0.4, 0.5) is 5.69 Å². The molecule has 0 saturated heterocycles. The molecular formula is C11H11N3O4S. The van der Waals surface area contributed by atoms with E-state index in [0.29, 0.717) is 0 Å². The number of hydrogen-bond donors (Lipinski definition) is 2. The second-order valence-electron chi connectivity index (χ2n) is 3.81. The highest BCUT2D eigenvalue weighted by Gasteiger charge is 2.19. The molecule has 19 heavy (non-hydrogen) atoms. The van der Waals surface area contributed by atoms with Gasteiger partial charge in [-0.2, -0.15) is 5.10 Å². The molecule has 0 bridgehead atoms. The van der Waals surface area contributed by atoms with Gasteiger partial charge in [-0.05, 0) is 12.1 Å². The van der Waals surface area contributed by atoms with Crippen LogP contribution in [0.5, 0.6) is 0 Å². The van der Waals surface area contributed by atoms with Crippen molar-refractivity contribution in [2.75, 3.05) is 4.72 Å². The Labute approximate surface area is 109 Å². The van der Waals surface area contributed by atoms with Crippen LogP contribution in [0.25, 0.3) is 0 Å². The summed E-state index contributed by atoms with van der Waals surface area (Å²) in [5, 5.41) is 12.7. The van der Waals surface area contributed by atoms with E-state index >= 15 is 0 Å². The van der Waals surface area contributed by atoms with Crippen LogP contribution in [0, 0.1) is 0 Å². The van der Waals surface area contributed by atoms with Gasteiger partial charge in [-0.3, -0.25) is 9.40 Å². The van der Waals surface area contributed by atoms with Crippen LogP contribution in [0.2, 0.25) is 0 Å². The fraction of sp³-hybridized carbons (Fsp3) is 0.0909. The number of nitrogens with zero attached hydrogens (tertiary/aromatic N) is 2. The number of carbonyl (C=O) groups is 1. The van der Waals surface area contributed by atoms with Crippen LogP contribution in [-0.2, 0) is 17.1 Å². The number of sulfonamides is 1. The lowest BCUT2D eigenvalue weighted by atomic mass is 10.2. The molecule has 7 nitrogen and oxygen atoms in total. The molecule has 0 aliphatic rings. The summed E-state index contributed by atoms with van der Waals surface area (Å²) in [6.45, 7) is 0. The van der Waals surface area contributed by atoms with E-state index in [0.717, 1.165) is 0 Å². The summed E-state index contributed by atoms with van der Waals surface area (Å²) < 4.78 is 27.6. The zero-order valence-electron chi connectivity index (χ0n) is 9.94. The van der Waals surface area contributed by atoms with E-state index < -0.39 is 16.0 Å². The minimum atomic E-state index is -3.85. The van der Waals surface area contributed by atoms with Crippen LogP contribution in [0.3, 0.4) is 0 Å². The second-order valence-corrected chi connectivity index (χ2v) is 5.49. The third kappa shape index (κ3) is 2.74. The molecule has 100 valence electrons. The molecule has 2 aromatic rings. The van der Waals surface area contributed by atoms with Crippen LogP contribution < -0.4 is 4.72 Å².